The minimum Gasteiger partial charge on any atom is -0.489 e. The smallest absolute Gasteiger partial charge is 0.328 e. The summed E-state index contributed by atoms with van der Waals surface area (Å²) in [5, 5.41) is 4.68. The molecule has 0 saturated carbocycles. The van der Waals surface area contributed by atoms with Crippen LogP contribution in [-0.2, 0) is 45.1 Å². The number of hydrogen-bond acceptors (Lipinski definition) is 7. The number of anilines is 1. The van der Waals surface area contributed by atoms with E-state index in [1.54, 1.807) is 24.1 Å². The van der Waals surface area contributed by atoms with Gasteiger partial charge in [0.25, 0.3) is 5.91 Å². The summed E-state index contributed by atoms with van der Waals surface area (Å²) in [5.74, 6) is 0.154. The quantitative estimate of drug-likeness (QED) is 0.115. The third-order valence-corrected chi connectivity index (χ3v) is 12.8. The van der Waals surface area contributed by atoms with E-state index in [-0.39, 0.29) is 24.3 Å². The predicted octanol–water partition coefficient (Wildman–Crippen LogP) is 10.8. The number of halogens is 3. The number of likely N-dealkylation sites (N-methyl/N-ethyl adjacent to an activating group) is 1. The van der Waals surface area contributed by atoms with Crippen LogP contribution in [0.4, 0.5) is 5.69 Å². The van der Waals surface area contributed by atoms with Crippen molar-refractivity contribution in [2.75, 3.05) is 19.1 Å². The number of carbonyl (C=O) groups excluding carboxylic acids is 3. The molecule has 4 atom stereocenters. The molecule has 8 rings (SSSR count). The Bertz CT molecular complexity index is 2610. The zero-order valence-corrected chi connectivity index (χ0v) is 37.3. The second-order valence-electron chi connectivity index (χ2n) is 15.8. The maximum atomic E-state index is 14.6. The Labute approximate surface area is 382 Å². The molecule has 0 aliphatic carbocycles. The molecule has 0 fully saturated rings. The number of nitrogens with one attached hydrogen (secondary N) is 1. The van der Waals surface area contributed by atoms with Gasteiger partial charge in [-0.05, 0) is 100 Å². The summed E-state index contributed by atoms with van der Waals surface area (Å²) in [6.45, 7) is 2.84. The molecule has 322 valence electrons. The fraction of sp³-hybridized carbons (Fsp3) is 0.235. The molecule has 9 nitrogen and oxygen atoms in total. The van der Waals surface area contributed by atoms with Crippen LogP contribution >= 0.6 is 34.8 Å². The lowest BCUT2D eigenvalue weighted by Crippen LogP contribution is -2.55. The molecule has 0 saturated heterocycles. The van der Waals surface area contributed by atoms with Crippen molar-refractivity contribution in [3.8, 4) is 22.6 Å². The number of amides is 2. The van der Waals surface area contributed by atoms with E-state index in [0.29, 0.717) is 57.4 Å². The standard InChI is InChI=1S/C51H46Cl3N3O6/c1-4-44(35-8-6-5-7-9-35)57-29-38-28-47-45(56(2)50(59)48(63-47)36-17-21-40(22-18-36)62-30-32-12-23-41(53)42(54)24-32)26-37(38)27-46(57)49(58)55-43(51(60)61-3)25-31-10-13-33(14-11-31)34-15-19-39(52)20-16-34/h5-24,26,28,43-44,46,48H,4,25,27,29-30H2,1-3H3,(H,55,58)/t43-,44-,46-,48+/m0/s1. The minimum atomic E-state index is -0.926. The highest BCUT2D eigenvalue weighted by Crippen LogP contribution is 2.43. The minimum absolute atomic E-state index is 0.113. The maximum absolute atomic E-state index is 14.6. The third-order valence-electron chi connectivity index (χ3n) is 11.8. The molecular formula is C51H46Cl3N3O6. The van der Waals surface area contributed by atoms with Gasteiger partial charge in [0, 0.05) is 36.6 Å². The van der Waals surface area contributed by atoms with Gasteiger partial charge in [-0.15, -0.1) is 0 Å². The number of hydrogen-bond donors (Lipinski definition) is 1. The lowest BCUT2D eigenvalue weighted by molar-refractivity contribution is -0.146. The van der Waals surface area contributed by atoms with E-state index in [0.717, 1.165) is 45.4 Å². The normalized spacial score (nSPS) is 16.9. The average molecular weight is 903 g/mol. The Morgan fingerprint density at radius 2 is 1.49 bits per heavy atom. The Morgan fingerprint density at radius 1 is 0.810 bits per heavy atom. The number of rotatable bonds is 13. The van der Waals surface area contributed by atoms with Crippen LogP contribution < -0.4 is 19.7 Å². The number of methoxy groups -OCH3 is 1. The van der Waals surface area contributed by atoms with Gasteiger partial charge in [0.15, 0.2) is 0 Å². The molecule has 0 unspecified atom stereocenters. The van der Waals surface area contributed by atoms with Crippen LogP contribution in [0.3, 0.4) is 0 Å². The van der Waals surface area contributed by atoms with Gasteiger partial charge in [0.2, 0.25) is 12.0 Å². The van der Waals surface area contributed by atoms with Gasteiger partial charge in [-0.25, -0.2) is 4.79 Å². The molecule has 0 spiro atoms. The monoisotopic (exact) mass is 901 g/mol. The van der Waals surface area contributed by atoms with Crippen molar-refractivity contribution in [3.63, 3.8) is 0 Å². The van der Waals surface area contributed by atoms with Crippen molar-refractivity contribution in [2.45, 2.75) is 63.6 Å². The van der Waals surface area contributed by atoms with Crippen LogP contribution in [0.25, 0.3) is 11.1 Å². The highest BCUT2D eigenvalue weighted by molar-refractivity contribution is 6.42. The van der Waals surface area contributed by atoms with E-state index in [2.05, 4.69) is 29.3 Å². The average Bonchev–Trinajstić information content (AvgIpc) is 3.30. The second-order valence-corrected chi connectivity index (χ2v) is 17.1. The first kappa shape index (κ1) is 43.8. The molecular weight excluding hydrogens is 857 g/mol. The van der Waals surface area contributed by atoms with Crippen LogP contribution in [-0.4, -0.2) is 48.9 Å². The van der Waals surface area contributed by atoms with E-state index in [4.69, 9.17) is 49.0 Å². The van der Waals surface area contributed by atoms with E-state index < -0.39 is 24.2 Å². The van der Waals surface area contributed by atoms with Gasteiger partial charge >= 0.3 is 5.97 Å². The van der Waals surface area contributed by atoms with Gasteiger partial charge < -0.3 is 24.4 Å². The molecule has 2 aliphatic rings. The maximum Gasteiger partial charge on any atom is 0.328 e. The lowest BCUT2D eigenvalue weighted by Gasteiger charge is -2.42. The summed E-state index contributed by atoms with van der Waals surface area (Å²) in [5.41, 5.74) is 8.06. The van der Waals surface area contributed by atoms with Crippen LogP contribution in [0.15, 0.2) is 133 Å². The zero-order chi connectivity index (χ0) is 44.2. The molecule has 2 amide bonds. The molecule has 1 N–H and O–H groups in total. The predicted molar refractivity (Wildman–Crippen MR) is 248 cm³/mol. The van der Waals surface area contributed by atoms with E-state index in [1.807, 2.05) is 109 Å². The number of benzene rings is 6. The van der Waals surface area contributed by atoms with Gasteiger partial charge in [0.1, 0.15) is 24.1 Å². The van der Waals surface area contributed by atoms with Crippen LogP contribution in [0, 0.1) is 0 Å². The highest BCUT2D eigenvalue weighted by atomic mass is 35.5. The van der Waals surface area contributed by atoms with Crippen molar-refractivity contribution in [1.29, 1.82) is 0 Å². The number of esters is 1. The summed E-state index contributed by atoms with van der Waals surface area (Å²) >= 11 is 18.3. The number of carbonyl (C=O) groups is 3. The van der Waals surface area contributed by atoms with Gasteiger partial charge in [-0.3, -0.25) is 14.5 Å². The molecule has 2 aliphatic heterocycles. The summed E-state index contributed by atoms with van der Waals surface area (Å²) in [7, 11) is 3.07. The first-order valence-corrected chi connectivity index (χ1v) is 21.9. The summed E-state index contributed by atoms with van der Waals surface area (Å²) in [4.78, 5) is 45.7. The topological polar surface area (TPSA) is 97.4 Å². The second kappa shape index (κ2) is 19.3. The Hall–Kier alpha value is -5.84. The Kier molecular flexibility index (Phi) is 13.4. The van der Waals surface area contributed by atoms with Crippen molar-refractivity contribution < 1.29 is 28.6 Å². The first-order chi connectivity index (χ1) is 30.5. The largest absolute Gasteiger partial charge is 0.489 e. The Balaban J connectivity index is 1.03. The first-order valence-electron chi connectivity index (χ1n) is 20.8. The van der Waals surface area contributed by atoms with Crippen molar-refractivity contribution in [2.24, 2.45) is 0 Å². The SMILES string of the molecule is CC[C@@H](c1ccccc1)N1Cc2cc3c(cc2C[C@H]1C(=O)N[C@@H](Cc1ccc(-c2ccc(Cl)cc2)cc1)C(=O)OC)N(C)C(=O)[C@@H](c1ccc(OCc2ccc(Cl)c(Cl)c2)cc1)O3. The van der Waals surface area contributed by atoms with E-state index in [9.17, 15) is 14.4 Å². The fourth-order valence-corrected chi connectivity index (χ4v) is 8.87. The van der Waals surface area contributed by atoms with E-state index in [1.165, 1.54) is 7.11 Å². The molecule has 12 heteroatoms. The summed E-state index contributed by atoms with van der Waals surface area (Å²) < 4.78 is 17.7. The van der Waals surface area contributed by atoms with Crippen molar-refractivity contribution >= 4 is 58.3 Å². The van der Waals surface area contributed by atoms with Crippen LogP contribution in [0.2, 0.25) is 15.1 Å². The fourth-order valence-electron chi connectivity index (χ4n) is 8.42. The lowest BCUT2D eigenvalue weighted by atomic mass is 9.88. The van der Waals surface area contributed by atoms with Gasteiger partial charge in [0.05, 0.1) is 28.9 Å². The van der Waals surface area contributed by atoms with Crippen LogP contribution in [0.5, 0.6) is 11.5 Å². The molecule has 6 aromatic rings. The third kappa shape index (κ3) is 9.72. The number of ether oxygens (including phenoxy) is 3. The van der Waals surface area contributed by atoms with Crippen molar-refractivity contribution in [1.82, 2.24) is 10.2 Å². The summed E-state index contributed by atoms with van der Waals surface area (Å²) in [6, 6.07) is 40.5. The highest BCUT2D eigenvalue weighted by Gasteiger charge is 2.40. The number of fused-ring (bicyclic) bond motifs is 2. The van der Waals surface area contributed by atoms with Gasteiger partial charge in [-0.1, -0.05) is 127 Å². The van der Waals surface area contributed by atoms with Crippen molar-refractivity contribution in [3.05, 3.63) is 182 Å². The van der Waals surface area contributed by atoms with Crippen LogP contribution in [0.1, 0.15) is 58.9 Å². The number of nitrogens with zero attached hydrogens (tertiary/aromatic N) is 2. The molecule has 2 heterocycles. The Morgan fingerprint density at radius 3 is 2.16 bits per heavy atom. The van der Waals surface area contributed by atoms with E-state index >= 15 is 0 Å². The molecule has 0 bridgehead atoms. The molecule has 63 heavy (non-hydrogen) atoms. The zero-order valence-electron chi connectivity index (χ0n) is 35.0. The summed E-state index contributed by atoms with van der Waals surface area (Å²) in [6.07, 6.45) is 0.444. The molecule has 0 radical (unpaired) electrons. The van der Waals surface area contributed by atoms with Gasteiger partial charge in [-0.2, -0.15) is 0 Å². The molecule has 6 aromatic carbocycles. The molecule has 0 aromatic heterocycles.